The molecular weight excluding hydrogens is 502 g/mol. The van der Waals surface area contributed by atoms with Gasteiger partial charge in [-0.05, 0) is 114 Å². The standard InChI is InChI=1S/C33H51N3O4/c1-8-9-15-35(5)16-10-11-18-40-32-13-12-31(24(2)25(32)3)26(4)36-17-14-27(23-36)22-34-33(37)28-19-29(38-6)21-30(20-28)39-7/h12-13,19-21,26-27H,8-11,14-18,22-23H2,1-7H3,(H,34,37). The van der Waals surface area contributed by atoms with Gasteiger partial charge < -0.3 is 24.4 Å². The van der Waals surface area contributed by atoms with Gasteiger partial charge in [0.1, 0.15) is 17.2 Å². The van der Waals surface area contributed by atoms with Gasteiger partial charge in [-0.1, -0.05) is 19.4 Å². The maximum atomic E-state index is 12.8. The first kappa shape index (κ1) is 31.8. The van der Waals surface area contributed by atoms with Crippen LogP contribution < -0.4 is 19.5 Å². The Morgan fingerprint density at radius 3 is 2.42 bits per heavy atom. The van der Waals surface area contributed by atoms with Crippen molar-refractivity contribution in [3.63, 3.8) is 0 Å². The van der Waals surface area contributed by atoms with Crippen LogP contribution in [0.15, 0.2) is 30.3 Å². The van der Waals surface area contributed by atoms with E-state index in [0.29, 0.717) is 35.6 Å². The van der Waals surface area contributed by atoms with E-state index in [4.69, 9.17) is 14.2 Å². The Bertz CT molecular complexity index is 1070. The molecule has 3 rings (SSSR count). The summed E-state index contributed by atoms with van der Waals surface area (Å²) >= 11 is 0. The summed E-state index contributed by atoms with van der Waals surface area (Å²) in [6.45, 7) is 14.6. The number of amides is 1. The number of rotatable bonds is 16. The number of methoxy groups -OCH3 is 2. The minimum Gasteiger partial charge on any atom is -0.497 e. The zero-order valence-electron chi connectivity index (χ0n) is 25.8. The number of benzene rings is 2. The highest BCUT2D eigenvalue weighted by atomic mass is 16.5. The number of carbonyl (C=O) groups is 1. The van der Waals surface area contributed by atoms with Crippen LogP contribution in [0.1, 0.15) is 79.0 Å². The number of hydrogen-bond donors (Lipinski definition) is 1. The molecule has 2 unspecified atom stereocenters. The van der Waals surface area contributed by atoms with Crippen molar-refractivity contribution in [1.29, 1.82) is 0 Å². The quantitative estimate of drug-likeness (QED) is 0.256. The number of carbonyl (C=O) groups excluding carboxylic acids is 1. The van der Waals surface area contributed by atoms with Crippen LogP contribution in [0.25, 0.3) is 0 Å². The van der Waals surface area contributed by atoms with Crippen LogP contribution in [0.4, 0.5) is 0 Å². The van der Waals surface area contributed by atoms with Crippen molar-refractivity contribution < 1.29 is 19.0 Å². The lowest BCUT2D eigenvalue weighted by Gasteiger charge is -2.27. The molecule has 0 radical (unpaired) electrons. The minimum atomic E-state index is -0.103. The molecule has 0 spiro atoms. The summed E-state index contributed by atoms with van der Waals surface area (Å²) in [6.07, 6.45) is 5.82. The van der Waals surface area contributed by atoms with Gasteiger partial charge in [0.2, 0.25) is 0 Å². The molecular formula is C33H51N3O4. The lowest BCUT2D eigenvalue weighted by molar-refractivity contribution is 0.0946. The summed E-state index contributed by atoms with van der Waals surface area (Å²) < 4.78 is 16.8. The lowest BCUT2D eigenvalue weighted by Crippen LogP contribution is -2.31. The third-order valence-corrected chi connectivity index (χ3v) is 8.34. The first-order valence-corrected chi connectivity index (χ1v) is 14.9. The fourth-order valence-corrected chi connectivity index (χ4v) is 5.49. The Labute approximate surface area is 242 Å². The van der Waals surface area contributed by atoms with Crippen molar-refractivity contribution in [1.82, 2.24) is 15.1 Å². The normalized spacial score (nSPS) is 16.2. The molecule has 40 heavy (non-hydrogen) atoms. The third-order valence-electron chi connectivity index (χ3n) is 8.34. The van der Waals surface area contributed by atoms with Gasteiger partial charge in [0.05, 0.1) is 20.8 Å². The average molecular weight is 554 g/mol. The molecule has 2 aromatic rings. The van der Waals surface area contributed by atoms with Crippen molar-refractivity contribution in [2.24, 2.45) is 5.92 Å². The molecule has 7 heteroatoms. The average Bonchev–Trinajstić information content (AvgIpc) is 3.45. The first-order valence-electron chi connectivity index (χ1n) is 14.9. The molecule has 1 saturated heterocycles. The van der Waals surface area contributed by atoms with Crippen LogP contribution in [0.5, 0.6) is 17.2 Å². The summed E-state index contributed by atoms with van der Waals surface area (Å²) in [5.74, 6) is 2.54. The molecule has 1 heterocycles. The molecule has 1 fully saturated rings. The van der Waals surface area contributed by atoms with Gasteiger partial charge in [-0.15, -0.1) is 0 Å². The molecule has 0 bridgehead atoms. The van der Waals surface area contributed by atoms with Gasteiger partial charge in [-0.25, -0.2) is 0 Å². The summed E-state index contributed by atoms with van der Waals surface area (Å²) in [6, 6.07) is 9.96. The van der Waals surface area contributed by atoms with E-state index in [2.05, 4.69) is 62.0 Å². The number of likely N-dealkylation sites (tertiary alicyclic amines) is 1. The third kappa shape index (κ3) is 8.87. The molecule has 2 atom stereocenters. The van der Waals surface area contributed by atoms with E-state index in [1.165, 1.54) is 36.1 Å². The largest absolute Gasteiger partial charge is 0.497 e. The highest BCUT2D eigenvalue weighted by Crippen LogP contribution is 2.33. The molecule has 1 amide bonds. The zero-order valence-corrected chi connectivity index (χ0v) is 25.8. The van der Waals surface area contributed by atoms with Gasteiger partial charge in [0, 0.05) is 30.8 Å². The Morgan fingerprint density at radius 1 is 1.05 bits per heavy atom. The fourth-order valence-electron chi connectivity index (χ4n) is 5.49. The van der Waals surface area contributed by atoms with Crippen LogP contribution in [0.2, 0.25) is 0 Å². The van der Waals surface area contributed by atoms with E-state index in [0.717, 1.165) is 51.3 Å². The maximum Gasteiger partial charge on any atom is 0.251 e. The van der Waals surface area contributed by atoms with E-state index >= 15 is 0 Å². The summed E-state index contributed by atoms with van der Waals surface area (Å²) in [4.78, 5) is 17.8. The second kappa shape index (κ2) is 15.9. The second-order valence-electron chi connectivity index (χ2n) is 11.3. The van der Waals surface area contributed by atoms with E-state index in [9.17, 15) is 4.79 Å². The van der Waals surface area contributed by atoms with Crippen LogP contribution in [-0.2, 0) is 0 Å². The Hall–Kier alpha value is -2.77. The summed E-state index contributed by atoms with van der Waals surface area (Å²) in [7, 11) is 5.39. The molecule has 222 valence electrons. The topological polar surface area (TPSA) is 63.3 Å². The van der Waals surface area contributed by atoms with Crippen LogP contribution in [0, 0.1) is 19.8 Å². The summed E-state index contributed by atoms with van der Waals surface area (Å²) in [5.41, 5.74) is 4.46. The van der Waals surface area contributed by atoms with Crippen molar-refractivity contribution in [2.45, 2.75) is 65.8 Å². The molecule has 2 aromatic carbocycles. The van der Waals surface area contributed by atoms with Crippen LogP contribution in [0.3, 0.4) is 0 Å². The minimum absolute atomic E-state index is 0.103. The van der Waals surface area contributed by atoms with Crippen molar-refractivity contribution in [3.05, 3.63) is 52.6 Å². The Morgan fingerprint density at radius 2 is 1.75 bits per heavy atom. The molecule has 1 N–H and O–H groups in total. The van der Waals surface area contributed by atoms with Gasteiger partial charge >= 0.3 is 0 Å². The van der Waals surface area contributed by atoms with Gasteiger partial charge in [-0.3, -0.25) is 9.69 Å². The number of unbranched alkanes of at least 4 members (excludes halogenated alkanes) is 2. The number of nitrogens with zero attached hydrogens (tertiary/aromatic N) is 2. The Kier molecular flexibility index (Phi) is 12.6. The van der Waals surface area contributed by atoms with E-state index in [-0.39, 0.29) is 5.91 Å². The molecule has 0 aliphatic carbocycles. The van der Waals surface area contributed by atoms with E-state index in [1.54, 1.807) is 32.4 Å². The van der Waals surface area contributed by atoms with Gasteiger partial charge in [-0.2, -0.15) is 0 Å². The maximum absolute atomic E-state index is 12.8. The summed E-state index contributed by atoms with van der Waals surface area (Å²) in [5, 5.41) is 3.12. The lowest BCUT2D eigenvalue weighted by atomic mass is 9.96. The van der Waals surface area contributed by atoms with Crippen molar-refractivity contribution >= 4 is 5.91 Å². The highest BCUT2D eigenvalue weighted by molar-refractivity contribution is 5.95. The van der Waals surface area contributed by atoms with Crippen molar-refractivity contribution in [3.8, 4) is 17.2 Å². The monoisotopic (exact) mass is 553 g/mol. The van der Waals surface area contributed by atoms with Crippen molar-refractivity contribution in [2.75, 3.05) is 60.6 Å². The van der Waals surface area contributed by atoms with E-state index < -0.39 is 0 Å². The van der Waals surface area contributed by atoms with Crippen LogP contribution >= 0.6 is 0 Å². The van der Waals surface area contributed by atoms with E-state index in [1.807, 2.05) is 0 Å². The van der Waals surface area contributed by atoms with Gasteiger partial charge in [0.25, 0.3) is 5.91 Å². The molecule has 0 aromatic heterocycles. The number of hydrogen-bond acceptors (Lipinski definition) is 6. The molecule has 1 aliphatic rings. The molecule has 0 saturated carbocycles. The fraction of sp³-hybridized carbons (Fsp3) is 0.606. The smallest absolute Gasteiger partial charge is 0.251 e. The predicted octanol–water partition coefficient (Wildman–Crippen LogP) is 6.02. The molecule has 7 nitrogen and oxygen atoms in total. The number of nitrogens with one attached hydrogen (secondary N) is 1. The molecule has 1 aliphatic heterocycles. The van der Waals surface area contributed by atoms with Gasteiger partial charge in [0.15, 0.2) is 0 Å². The predicted molar refractivity (Wildman–Crippen MR) is 163 cm³/mol. The highest BCUT2D eigenvalue weighted by Gasteiger charge is 2.28. The number of ether oxygens (including phenoxy) is 3. The zero-order chi connectivity index (χ0) is 29.1. The first-order chi connectivity index (χ1) is 19.3. The SMILES string of the molecule is CCCCN(C)CCCCOc1ccc(C(C)N2CCC(CNC(=O)c3cc(OC)cc(OC)c3)C2)c(C)c1C. The second-order valence-corrected chi connectivity index (χ2v) is 11.3. The van der Waals surface area contributed by atoms with Crippen LogP contribution in [-0.4, -0.2) is 76.3 Å². The Balaban J connectivity index is 1.48.